The van der Waals surface area contributed by atoms with E-state index in [-0.39, 0.29) is 12.5 Å². The van der Waals surface area contributed by atoms with Gasteiger partial charge in [-0.15, -0.1) is 0 Å². The van der Waals surface area contributed by atoms with Crippen molar-refractivity contribution in [2.75, 3.05) is 0 Å². The van der Waals surface area contributed by atoms with Crippen molar-refractivity contribution in [2.24, 2.45) is 0 Å². The van der Waals surface area contributed by atoms with Gasteiger partial charge < -0.3 is 15.2 Å². The van der Waals surface area contributed by atoms with Crippen molar-refractivity contribution in [2.45, 2.75) is 38.5 Å². The number of hydrogen-bond acceptors (Lipinski definition) is 3. The topological polar surface area (TPSA) is 58.6 Å². The average molecular weight is 393 g/mol. The van der Waals surface area contributed by atoms with Crippen LogP contribution in [0.1, 0.15) is 25.3 Å². The molecule has 0 aliphatic heterocycles. The van der Waals surface area contributed by atoms with Crippen LogP contribution in [0.4, 0.5) is 0 Å². The van der Waals surface area contributed by atoms with E-state index in [1.165, 1.54) is 0 Å². The fourth-order valence-electron chi connectivity index (χ4n) is 1.59. The number of benzene rings is 1. The molecular formula is C13H15Br2NO3. The maximum Gasteiger partial charge on any atom is 0.260 e. The first-order chi connectivity index (χ1) is 9.01. The van der Waals surface area contributed by atoms with E-state index in [1.807, 2.05) is 0 Å². The molecular weight excluding hydrogens is 378 g/mol. The number of aliphatic hydroxyl groups is 1. The first-order valence-electron chi connectivity index (χ1n) is 6.07. The minimum Gasteiger partial charge on any atom is -0.479 e. The normalized spacial score (nSPS) is 16.0. The van der Waals surface area contributed by atoms with Gasteiger partial charge in [0.15, 0.2) is 6.10 Å². The third kappa shape index (κ3) is 3.94. The summed E-state index contributed by atoms with van der Waals surface area (Å²) in [6, 6.07) is 3.86. The second-order valence-corrected chi connectivity index (χ2v) is 6.30. The molecule has 0 radical (unpaired) electrons. The minimum absolute atomic E-state index is 0.0464. The van der Waals surface area contributed by atoms with Crippen molar-refractivity contribution in [3.63, 3.8) is 0 Å². The Morgan fingerprint density at radius 1 is 1.47 bits per heavy atom. The quantitative estimate of drug-likeness (QED) is 0.809. The van der Waals surface area contributed by atoms with E-state index >= 15 is 0 Å². The lowest BCUT2D eigenvalue weighted by Crippen LogP contribution is -2.37. The van der Waals surface area contributed by atoms with Gasteiger partial charge in [0, 0.05) is 6.04 Å². The number of halogens is 2. The molecule has 0 bridgehead atoms. The molecule has 19 heavy (non-hydrogen) atoms. The third-order valence-electron chi connectivity index (χ3n) is 2.83. The van der Waals surface area contributed by atoms with Crippen molar-refractivity contribution < 1.29 is 14.6 Å². The summed E-state index contributed by atoms with van der Waals surface area (Å²) in [6.07, 6.45) is 1.54. The van der Waals surface area contributed by atoms with E-state index in [2.05, 4.69) is 37.2 Å². The largest absolute Gasteiger partial charge is 0.479 e. The van der Waals surface area contributed by atoms with Gasteiger partial charge in [0.25, 0.3) is 5.91 Å². The number of rotatable bonds is 5. The van der Waals surface area contributed by atoms with Crippen molar-refractivity contribution in [3.05, 3.63) is 26.6 Å². The van der Waals surface area contributed by atoms with Gasteiger partial charge in [-0.05, 0) is 69.3 Å². The Bertz CT molecular complexity index is 466. The van der Waals surface area contributed by atoms with Crippen LogP contribution in [0.3, 0.4) is 0 Å². The summed E-state index contributed by atoms with van der Waals surface area (Å²) >= 11 is 6.76. The fourth-order valence-corrected chi connectivity index (χ4v) is 3.06. The smallest absolute Gasteiger partial charge is 0.260 e. The Hall–Kier alpha value is -0.590. The summed E-state index contributed by atoms with van der Waals surface area (Å²) in [5.74, 6) is 0.461. The molecule has 1 fully saturated rings. The molecule has 0 spiro atoms. The summed E-state index contributed by atoms with van der Waals surface area (Å²) in [5, 5.41) is 12.0. The SMILES string of the molecule is CC(Oc1c(Br)cc(CO)cc1Br)C(=O)NC1CC1. The Morgan fingerprint density at radius 3 is 2.53 bits per heavy atom. The van der Waals surface area contributed by atoms with E-state index < -0.39 is 6.10 Å². The number of nitrogens with one attached hydrogen (secondary N) is 1. The Balaban J connectivity index is 2.07. The third-order valence-corrected chi connectivity index (χ3v) is 4.01. The van der Waals surface area contributed by atoms with Gasteiger partial charge >= 0.3 is 0 Å². The molecule has 2 N–H and O–H groups in total. The second kappa shape index (κ2) is 6.24. The molecule has 2 rings (SSSR count). The summed E-state index contributed by atoms with van der Waals surface area (Å²) in [5.41, 5.74) is 0.765. The van der Waals surface area contributed by atoms with E-state index in [4.69, 9.17) is 9.84 Å². The van der Waals surface area contributed by atoms with Crippen LogP contribution in [0.15, 0.2) is 21.1 Å². The number of carbonyl (C=O) groups excluding carboxylic acids is 1. The standard InChI is InChI=1S/C13H15Br2NO3/c1-7(13(18)16-9-2-3-9)19-12-10(14)4-8(6-17)5-11(12)15/h4-5,7,9,17H,2-3,6H2,1H3,(H,16,18). The summed E-state index contributed by atoms with van der Waals surface area (Å²) in [4.78, 5) is 11.8. The van der Waals surface area contributed by atoms with E-state index in [0.717, 1.165) is 18.4 Å². The van der Waals surface area contributed by atoms with Crippen LogP contribution in [0.25, 0.3) is 0 Å². The predicted molar refractivity (Wildman–Crippen MR) is 79.0 cm³/mol. The van der Waals surface area contributed by atoms with Gasteiger partial charge in [0.05, 0.1) is 15.6 Å². The van der Waals surface area contributed by atoms with Gasteiger partial charge in [0.2, 0.25) is 0 Å². The minimum atomic E-state index is -0.562. The summed E-state index contributed by atoms with van der Waals surface area (Å²) < 4.78 is 7.09. The average Bonchev–Trinajstić information content (AvgIpc) is 3.16. The van der Waals surface area contributed by atoms with Crippen LogP contribution in [-0.2, 0) is 11.4 Å². The summed E-state index contributed by atoms with van der Waals surface area (Å²) in [7, 11) is 0. The highest BCUT2D eigenvalue weighted by molar-refractivity contribution is 9.11. The monoisotopic (exact) mass is 391 g/mol. The first-order valence-corrected chi connectivity index (χ1v) is 7.65. The van der Waals surface area contributed by atoms with Gasteiger partial charge in [-0.25, -0.2) is 0 Å². The highest BCUT2D eigenvalue weighted by atomic mass is 79.9. The van der Waals surface area contributed by atoms with Gasteiger partial charge in [-0.1, -0.05) is 0 Å². The molecule has 6 heteroatoms. The van der Waals surface area contributed by atoms with Gasteiger partial charge in [-0.3, -0.25) is 4.79 Å². The van der Waals surface area contributed by atoms with Crippen LogP contribution in [0.5, 0.6) is 5.75 Å². The predicted octanol–water partition coefficient (Wildman–Crippen LogP) is 2.75. The number of amides is 1. The molecule has 1 unspecified atom stereocenters. The Morgan fingerprint density at radius 2 is 2.05 bits per heavy atom. The molecule has 0 heterocycles. The maximum atomic E-state index is 11.8. The van der Waals surface area contributed by atoms with Crippen LogP contribution in [0.2, 0.25) is 0 Å². The Labute approximate surface area is 128 Å². The number of hydrogen-bond donors (Lipinski definition) is 2. The van der Waals surface area contributed by atoms with E-state index in [0.29, 0.717) is 20.7 Å². The zero-order valence-corrected chi connectivity index (χ0v) is 13.6. The zero-order chi connectivity index (χ0) is 14.0. The van der Waals surface area contributed by atoms with Crippen LogP contribution in [-0.4, -0.2) is 23.2 Å². The van der Waals surface area contributed by atoms with Crippen LogP contribution >= 0.6 is 31.9 Å². The summed E-state index contributed by atoms with van der Waals surface area (Å²) in [6.45, 7) is 1.67. The lowest BCUT2D eigenvalue weighted by Gasteiger charge is -2.17. The van der Waals surface area contributed by atoms with Crippen molar-refractivity contribution in [1.82, 2.24) is 5.32 Å². The molecule has 0 aromatic heterocycles. The number of ether oxygens (including phenoxy) is 1. The molecule has 4 nitrogen and oxygen atoms in total. The van der Waals surface area contributed by atoms with Crippen molar-refractivity contribution in [3.8, 4) is 5.75 Å². The van der Waals surface area contributed by atoms with Crippen molar-refractivity contribution >= 4 is 37.8 Å². The highest BCUT2D eigenvalue weighted by Crippen LogP contribution is 2.35. The first kappa shape index (κ1) is 14.8. The van der Waals surface area contributed by atoms with Crippen LogP contribution in [0, 0.1) is 0 Å². The molecule has 1 amide bonds. The lowest BCUT2D eigenvalue weighted by atomic mass is 10.2. The molecule has 0 saturated heterocycles. The van der Waals surface area contributed by atoms with Gasteiger partial charge in [0.1, 0.15) is 5.75 Å². The fraction of sp³-hybridized carbons (Fsp3) is 0.462. The molecule has 1 aliphatic rings. The molecule has 1 atom stereocenters. The van der Waals surface area contributed by atoms with Crippen molar-refractivity contribution in [1.29, 1.82) is 0 Å². The van der Waals surface area contributed by atoms with Gasteiger partial charge in [-0.2, -0.15) is 0 Å². The molecule has 1 aliphatic carbocycles. The zero-order valence-electron chi connectivity index (χ0n) is 10.5. The number of carbonyl (C=O) groups is 1. The highest BCUT2D eigenvalue weighted by Gasteiger charge is 2.27. The maximum absolute atomic E-state index is 11.8. The molecule has 104 valence electrons. The molecule has 1 aromatic carbocycles. The van der Waals surface area contributed by atoms with E-state index in [1.54, 1.807) is 19.1 Å². The number of aliphatic hydroxyl groups excluding tert-OH is 1. The Kier molecular flexibility index (Phi) is 4.86. The van der Waals surface area contributed by atoms with E-state index in [9.17, 15) is 4.79 Å². The second-order valence-electron chi connectivity index (χ2n) is 4.59. The lowest BCUT2D eigenvalue weighted by molar-refractivity contribution is -0.127. The van der Waals surface area contributed by atoms with Crippen LogP contribution < -0.4 is 10.1 Å². The molecule has 1 saturated carbocycles. The molecule has 1 aromatic rings.